The van der Waals surface area contributed by atoms with Gasteiger partial charge >= 0.3 is 0 Å². The van der Waals surface area contributed by atoms with Crippen molar-refractivity contribution in [1.82, 2.24) is 0 Å². The van der Waals surface area contributed by atoms with E-state index in [1.165, 1.54) is 5.39 Å². The number of hydrogen-bond acceptors (Lipinski definition) is 3. The van der Waals surface area contributed by atoms with Crippen LogP contribution in [0, 0.1) is 0 Å². The lowest BCUT2D eigenvalue weighted by Gasteiger charge is -2.12. The van der Waals surface area contributed by atoms with Crippen molar-refractivity contribution in [1.29, 1.82) is 0 Å². The molecular formula is C32H22O3S. The highest BCUT2D eigenvalue weighted by Crippen LogP contribution is 2.43. The third-order valence-electron chi connectivity index (χ3n) is 7.15. The summed E-state index contributed by atoms with van der Waals surface area (Å²) in [5.41, 5.74) is 3.53. The van der Waals surface area contributed by atoms with E-state index in [1.54, 1.807) is 18.2 Å². The highest BCUT2D eigenvalue weighted by molar-refractivity contribution is 7.95. The first-order valence-corrected chi connectivity index (χ1v) is 13.6. The Morgan fingerprint density at radius 2 is 1.44 bits per heavy atom. The molecule has 1 heterocycles. The van der Waals surface area contributed by atoms with Crippen LogP contribution in [0.3, 0.4) is 0 Å². The third-order valence-corrected chi connectivity index (χ3v) is 9.07. The van der Waals surface area contributed by atoms with Gasteiger partial charge in [-0.25, -0.2) is 8.42 Å². The highest BCUT2D eigenvalue weighted by Gasteiger charge is 2.22. The van der Waals surface area contributed by atoms with Crippen LogP contribution in [-0.4, -0.2) is 8.42 Å². The standard InChI is InChI=1S/C32H22O3S/c33-36(34,24-10-2-1-3-11-24)25-17-14-22(15-18-25)28-20-23-9-5-7-13-27(23)31-30-26-12-6-4-8-21(26)16-19-29(30)35-32(28)31/h1-2,4-10,12-20H,3,11H2. The summed E-state index contributed by atoms with van der Waals surface area (Å²) in [5, 5.41) is 6.79. The summed E-state index contributed by atoms with van der Waals surface area (Å²) in [6, 6.07) is 30.2. The Morgan fingerprint density at radius 3 is 2.19 bits per heavy atom. The zero-order chi connectivity index (χ0) is 24.3. The molecule has 0 spiro atoms. The van der Waals surface area contributed by atoms with Crippen molar-refractivity contribution in [2.24, 2.45) is 0 Å². The number of furan rings is 1. The van der Waals surface area contributed by atoms with Gasteiger partial charge in [0.25, 0.3) is 0 Å². The second-order valence-corrected chi connectivity index (χ2v) is 11.2. The van der Waals surface area contributed by atoms with Gasteiger partial charge < -0.3 is 4.42 Å². The molecule has 0 N–H and O–H groups in total. The van der Waals surface area contributed by atoms with Crippen molar-refractivity contribution in [2.75, 3.05) is 0 Å². The first-order chi connectivity index (χ1) is 17.6. The van der Waals surface area contributed by atoms with Gasteiger partial charge in [-0.05, 0) is 70.3 Å². The van der Waals surface area contributed by atoms with E-state index in [1.807, 2.05) is 36.4 Å². The molecule has 0 fully saturated rings. The van der Waals surface area contributed by atoms with E-state index >= 15 is 0 Å². The summed E-state index contributed by atoms with van der Waals surface area (Å²) in [6.45, 7) is 0. The maximum atomic E-state index is 13.1. The zero-order valence-corrected chi connectivity index (χ0v) is 20.3. The summed E-state index contributed by atoms with van der Waals surface area (Å²) in [4.78, 5) is 0.787. The highest BCUT2D eigenvalue weighted by atomic mass is 32.2. The van der Waals surface area contributed by atoms with Crippen molar-refractivity contribution in [2.45, 2.75) is 17.7 Å². The molecule has 1 aromatic heterocycles. The first-order valence-electron chi connectivity index (χ1n) is 12.1. The molecule has 1 aliphatic rings. The molecule has 0 saturated carbocycles. The normalized spacial score (nSPS) is 14.2. The molecule has 0 radical (unpaired) electrons. The van der Waals surface area contributed by atoms with Crippen molar-refractivity contribution in [3.63, 3.8) is 0 Å². The van der Waals surface area contributed by atoms with Gasteiger partial charge in [-0.1, -0.05) is 78.9 Å². The quantitative estimate of drug-likeness (QED) is 0.252. The Kier molecular flexibility index (Phi) is 4.66. The Hall–Kier alpha value is -4.15. The van der Waals surface area contributed by atoms with E-state index in [4.69, 9.17) is 4.42 Å². The van der Waals surface area contributed by atoms with Crippen LogP contribution in [0.25, 0.3) is 54.6 Å². The molecular weight excluding hydrogens is 464 g/mol. The second-order valence-electron chi connectivity index (χ2n) is 9.24. The lowest BCUT2D eigenvalue weighted by molar-refractivity contribution is 0.600. The average Bonchev–Trinajstić information content (AvgIpc) is 3.34. The summed E-state index contributed by atoms with van der Waals surface area (Å²) in [5.74, 6) is 0. The topological polar surface area (TPSA) is 47.3 Å². The fourth-order valence-electron chi connectivity index (χ4n) is 5.37. The van der Waals surface area contributed by atoms with E-state index in [0.29, 0.717) is 16.2 Å². The summed E-state index contributed by atoms with van der Waals surface area (Å²) in [6.07, 6.45) is 6.81. The Balaban J connectivity index is 1.48. The molecule has 0 bridgehead atoms. The van der Waals surface area contributed by atoms with Gasteiger partial charge in [-0.15, -0.1) is 0 Å². The number of sulfone groups is 1. The van der Waals surface area contributed by atoms with Crippen LogP contribution < -0.4 is 0 Å². The molecule has 3 nitrogen and oxygen atoms in total. The maximum Gasteiger partial charge on any atom is 0.202 e. The van der Waals surface area contributed by atoms with Crippen LogP contribution in [0.4, 0.5) is 0 Å². The van der Waals surface area contributed by atoms with E-state index in [9.17, 15) is 8.42 Å². The molecule has 4 heteroatoms. The van der Waals surface area contributed by atoms with Crippen LogP contribution in [-0.2, 0) is 9.84 Å². The monoisotopic (exact) mass is 486 g/mol. The molecule has 5 aromatic carbocycles. The van der Waals surface area contributed by atoms with E-state index in [0.717, 1.165) is 55.6 Å². The first kappa shape index (κ1) is 21.2. The van der Waals surface area contributed by atoms with Crippen LogP contribution in [0.1, 0.15) is 12.8 Å². The molecule has 1 aliphatic carbocycles. The van der Waals surface area contributed by atoms with Crippen molar-refractivity contribution in [3.05, 3.63) is 114 Å². The van der Waals surface area contributed by atoms with Gasteiger partial charge in [0.1, 0.15) is 11.2 Å². The van der Waals surface area contributed by atoms with Gasteiger partial charge in [-0.2, -0.15) is 0 Å². The lowest BCUT2D eigenvalue weighted by Crippen LogP contribution is -2.06. The summed E-state index contributed by atoms with van der Waals surface area (Å²) >= 11 is 0. The van der Waals surface area contributed by atoms with Gasteiger partial charge in [0.2, 0.25) is 9.84 Å². The predicted octanol–water partition coefficient (Wildman–Crippen LogP) is 8.57. The molecule has 0 atom stereocenters. The summed E-state index contributed by atoms with van der Waals surface area (Å²) < 4.78 is 32.8. The minimum absolute atomic E-state index is 0.320. The van der Waals surface area contributed by atoms with E-state index in [-0.39, 0.29) is 0 Å². The molecule has 174 valence electrons. The van der Waals surface area contributed by atoms with E-state index < -0.39 is 9.84 Å². The smallest absolute Gasteiger partial charge is 0.202 e. The molecule has 6 aromatic rings. The van der Waals surface area contributed by atoms with Crippen LogP contribution in [0.15, 0.2) is 123 Å². The number of rotatable bonds is 3. The van der Waals surface area contributed by atoms with Crippen LogP contribution in [0.2, 0.25) is 0 Å². The van der Waals surface area contributed by atoms with Crippen molar-refractivity contribution < 1.29 is 12.8 Å². The van der Waals surface area contributed by atoms with Crippen LogP contribution >= 0.6 is 0 Å². The minimum Gasteiger partial charge on any atom is -0.455 e. The Labute approximate surface area is 208 Å². The lowest BCUT2D eigenvalue weighted by atomic mass is 9.95. The van der Waals surface area contributed by atoms with Gasteiger partial charge in [0.15, 0.2) is 0 Å². The largest absolute Gasteiger partial charge is 0.455 e. The van der Waals surface area contributed by atoms with Crippen LogP contribution in [0.5, 0.6) is 0 Å². The molecule has 0 unspecified atom stereocenters. The van der Waals surface area contributed by atoms with Gasteiger partial charge in [0, 0.05) is 21.2 Å². The molecule has 0 aliphatic heterocycles. The van der Waals surface area contributed by atoms with Gasteiger partial charge in [0.05, 0.1) is 4.90 Å². The van der Waals surface area contributed by atoms with E-state index in [2.05, 4.69) is 54.6 Å². The number of fused-ring (bicyclic) bond motifs is 7. The number of benzene rings is 5. The number of allylic oxidation sites excluding steroid dienone is 4. The fourth-order valence-corrected chi connectivity index (χ4v) is 6.81. The van der Waals surface area contributed by atoms with Crippen molar-refractivity contribution >= 4 is 53.3 Å². The van der Waals surface area contributed by atoms with Crippen molar-refractivity contribution in [3.8, 4) is 11.1 Å². The van der Waals surface area contributed by atoms with Gasteiger partial charge in [-0.3, -0.25) is 0 Å². The predicted molar refractivity (Wildman–Crippen MR) is 148 cm³/mol. The molecule has 0 saturated heterocycles. The molecule has 7 rings (SSSR count). The average molecular weight is 487 g/mol. The Morgan fingerprint density at radius 1 is 0.722 bits per heavy atom. The second kappa shape index (κ2) is 7.94. The number of hydrogen-bond donors (Lipinski definition) is 0. The SMILES string of the molecule is O=S(=O)(C1=CC=CCC1)c1ccc(-c2cc3ccccc3c3c2oc2ccc4ccccc4c23)cc1. The zero-order valence-electron chi connectivity index (χ0n) is 19.4. The minimum atomic E-state index is -3.50. The molecule has 36 heavy (non-hydrogen) atoms. The maximum absolute atomic E-state index is 13.1. The third kappa shape index (κ3) is 3.15. The summed E-state index contributed by atoms with van der Waals surface area (Å²) in [7, 11) is -3.50. The fraction of sp³-hybridized carbons (Fsp3) is 0.0625. The Bertz CT molecular complexity index is 1990. The molecule has 0 amide bonds.